The third kappa shape index (κ3) is 1.09. The predicted molar refractivity (Wildman–Crippen MR) is 28.4 cm³/mol. The maximum atomic E-state index is 12.4. The number of halogens is 2. The van der Waals surface area contributed by atoms with E-state index in [9.17, 15) is 13.6 Å². The summed E-state index contributed by atoms with van der Waals surface area (Å²) in [7, 11) is 0. The van der Waals surface area contributed by atoms with E-state index >= 15 is 0 Å². The first-order valence-electron chi connectivity index (χ1n) is 3.00. The van der Waals surface area contributed by atoms with Gasteiger partial charge in [-0.25, -0.2) is 8.78 Å². The van der Waals surface area contributed by atoms with Crippen LogP contribution in [0.2, 0.25) is 0 Å². The van der Waals surface area contributed by atoms with Crippen LogP contribution in [0.5, 0.6) is 0 Å². The SMILES string of the molecule is O=CC1CCCC1(F)F. The molecule has 0 heterocycles. The van der Waals surface area contributed by atoms with Gasteiger partial charge in [0.1, 0.15) is 6.29 Å². The molecule has 9 heavy (non-hydrogen) atoms. The summed E-state index contributed by atoms with van der Waals surface area (Å²) in [5.74, 6) is -3.71. The monoisotopic (exact) mass is 134 g/mol. The summed E-state index contributed by atoms with van der Waals surface area (Å²) in [4.78, 5) is 9.94. The van der Waals surface area contributed by atoms with Gasteiger partial charge < -0.3 is 4.79 Å². The maximum absolute atomic E-state index is 12.4. The van der Waals surface area contributed by atoms with Crippen molar-refractivity contribution in [3.05, 3.63) is 0 Å². The molecule has 1 aliphatic rings. The van der Waals surface area contributed by atoms with E-state index < -0.39 is 11.8 Å². The zero-order valence-electron chi connectivity index (χ0n) is 4.94. The average Bonchev–Trinajstić information content (AvgIpc) is 2.08. The van der Waals surface area contributed by atoms with Crippen LogP contribution in [0.25, 0.3) is 0 Å². The van der Waals surface area contributed by atoms with E-state index in [1.807, 2.05) is 0 Å². The molecule has 1 fully saturated rings. The van der Waals surface area contributed by atoms with Crippen molar-refractivity contribution in [3.8, 4) is 0 Å². The van der Waals surface area contributed by atoms with Crippen LogP contribution in [0, 0.1) is 5.92 Å². The molecule has 52 valence electrons. The number of hydrogen-bond donors (Lipinski definition) is 0. The molecule has 1 atom stereocenters. The van der Waals surface area contributed by atoms with Crippen molar-refractivity contribution >= 4 is 6.29 Å². The van der Waals surface area contributed by atoms with Gasteiger partial charge in [-0.15, -0.1) is 0 Å². The normalized spacial score (nSPS) is 32.4. The second kappa shape index (κ2) is 2.05. The van der Waals surface area contributed by atoms with Crippen LogP contribution in [0.3, 0.4) is 0 Å². The molecule has 1 nitrogen and oxygen atoms in total. The molecule has 0 aliphatic heterocycles. The molecule has 1 aliphatic carbocycles. The molecule has 0 aromatic heterocycles. The maximum Gasteiger partial charge on any atom is 0.257 e. The Labute approximate surface area is 52.1 Å². The van der Waals surface area contributed by atoms with Crippen LogP contribution >= 0.6 is 0 Å². The standard InChI is InChI=1S/C6H8F2O/c7-6(8)3-1-2-5(6)4-9/h4-5H,1-3H2. The molecule has 0 aromatic carbocycles. The Morgan fingerprint density at radius 3 is 2.44 bits per heavy atom. The third-order valence-corrected chi connectivity index (χ3v) is 1.73. The summed E-state index contributed by atoms with van der Waals surface area (Å²) in [6.07, 6.45) is 1.09. The van der Waals surface area contributed by atoms with Gasteiger partial charge in [0.05, 0.1) is 5.92 Å². The van der Waals surface area contributed by atoms with Crippen LogP contribution in [0.1, 0.15) is 19.3 Å². The predicted octanol–water partition coefficient (Wildman–Crippen LogP) is 1.62. The molecular weight excluding hydrogens is 126 g/mol. The molecule has 1 saturated carbocycles. The van der Waals surface area contributed by atoms with Gasteiger partial charge in [-0.2, -0.15) is 0 Å². The lowest BCUT2D eigenvalue weighted by Crippen LogP contribution is -2.22. The van der Waals surface area contributed by atoms with Crippen LogP contribution in [-0.4, -0.2) is 12.2 Å². The Bertz CT molecular complexity index is 122. The van der Waals surface area contributed by atoms with Crippen molar-refractivity contribution in [1.29, 1.82) is 0 Å². The Balaban J connectivity index is 2.62. The molecule has 0 radical (unpaired) electrons. The van der Waals surface area contributed by atoms with E-state index in [4.69, 9.17) is 0 Å². The molecule has 0 amide bonds. The van der Waals surface area contributed by atoms with Gasteiger partial charge in [-0.05, 0) is 12.8 Å². The second-order valence-corrected chi connectivity index (χ2v) is 2.40. The van der Waals surface area contributed by atoms with Gasteiger partial charge in [0.2, 0.25) is 0 Å². The minimum atomic E-state index is -2.71. The van der Waals surface area contributed by atoms with Gasteiger partial charge in [0, 0.05) is 6.42 Å². The first-order chi connectivity index (χ1) is 4.17. The van der Waals surface area contributed by atoms with E-state index in [-0.39, 0.29) is 6.42 Å². The van der Waals surface area contributed by atoms with Crippen LogP contribution < -0.4 is 0 Å². The van der Waals surface area contributed by atoms with Crippen molar-refractivity contribution in [2.45, 2.75) is 25.2 Å². The summed E-state index contributed by atoms with van der Waals surface area (Å²) in [5.41, 5.74) is 0. The van der Waals surface area contributed by atoms with Gasteiger partial charge in [-0.1, -0.05) is 0 Å². The highest BCUT2D eigenvalue weighted by Gasteiger charge is 2.43. The molecule has 0 saturated heterocycles. The van der Waals surface area contributed by atoms with Gasteiger partial charge >= 0.3 is 0 Å². The lowest BCUT2D eigenvalue weighted by molar-refractivity contribution is -0.121. The molecule has 0 spiro atoms. The highest BCUT2D eigenvalue weighted by molar-refractivity contribution is 5.55. The lowest BCUT2D eigenvalue weighted by atomic mass is 10.1. The van der Waals surface area contributed by atoms with Crippen LogP contribution in [0.15, 0.2) is 0 Å². The summed E-state index contributed by atoms with van der Waals surface area (Å²) >= 11 is 0. The average molecular weight is 134 g/mol. The highest BCUT2D eigenvalue weighted by atomic mass is 19.3. The first kappa shape index (κ1) is 6.65. The molecule has 0 N–H and O–H groups in total. The third-order valence-electron chi connectivity index (χ3n) is 1.73. The largest absolute Gasteiger partial charge is 0.303 e. The number of aldehydes is 1. The topological polar surface area (TPSA) is 17.1 Å². The number of rotatable bonds is 1. The Morgan fingerprint density at radius 2 is 2.22 bits per heavy atom. The number of carbonyl (C=O) groups is 1. The van der Waals surface area contributed by atoms with E-state index in [1.165, 1.54) is 0 Å². The van der Waals surface area contributed by atoms with Crippen molar-refractivity contribution in [3.63, 3.8) is 0 Å². The number of carbonyl (C=O) groups excluding carboxylic acids is 1. The van der Waals surface area contributed by atoms with Crippen molar-refractivity contribution < 1.29 is 13.6 Å². The van der Waals surface area contributed by atoms with Crippen molar-refractivity contribution in [2.75, 3.05) is 0 Å². The Hall–Kier alpha value is -0.470. The van der Waals surface area contributed by atoms with E-state index in [0.29, 0.717) is 19.1 Å². The first-order valence-corrected chi connectivity index (χ1v) is 3.00. The van der Waals surface area contributed by atoms with Gasteiger partial charge in [-0.3, -0.25) is 0 Å². The minimum Gasteiger partial charge on any atom is -0.303 e. The van der Waals surface area contributed by atoms with Crippen molar-refractivity contribution in [1.82, 2.24) is 0 Å². The van der Waals surface area contributed by atoms with Gasteiger partial charge in [0.25, 0.3) is 5.92 Å². The molecule has 1 unspecified atom stereocenters. The molecule has 1 rings (SSSR count). The number of alkyl halides is 2. The molecule has 0 aromatic rings. The molecule has 0 bridgehead atoms. The van der Waals surface area contributed by atoms with E-state index in [1.54, 1.807) is 0 Å². The van der Waals surface area contributed by atoms with Crippen LogP contribution in [-0.2, 0) is 4.79 Å². The summed E-state index contributed by atoms with van der Waals surface area (Å²) < 4.78 is 24.8. The molecular formula is C6H8F2O. The highest BCUT2D eigenvalue weighted by Crippen LogP contribution is 2.38. The molecule has 3 heteroatoms. The minimum absolute atomic E-state index is 0.115. The fourth-order valence-electron chi connectivity index (χ4n) is 1.12. The fourth-order valence-corrected chi connectivity index (χ4v) is 1.12. The summed E-state index contributed by atoms with van der Waals surface area (Å²) in [5, 5.41) is 0. The van der Waals surface area contributed by atoms with Crippen LogP contribution in [0.4, 0.5) is 8.78 Å². The summed E-state index contributed by atoms with van der Waals surface area (Å²) in [6.45, 7) is 0. The smallest absolute Gasteiger partial charge is 0.257 e. The Morgan fingerprint density at radius 1 is 1.56 bits per heavy atom. The second-order valence-electron chi connectivity index (χ2n) is 2.40. The van der Waals surface area contributed by atoms with E-state index in [0.717, 1.165) is 0 Å². The lowest BCUT2D eigenvalue weighted by Gasteiger charge is -2.11. The number of hydrogen-bond acceptors (Lipinski definition) is 1. The quantitative estimate of drug-likeness (QED) is 0.498. The van der Waals surface area contributed by atoms with Crippen molar-refractivity contribution in [2.24, 2.45) is 5.92 Å². The van der Waals surface area contributed by atoms with E-state index in [2.05, 4.69) is 0 Å². The van der Waals surface area contributed by atoms with Gasteiger partial charge in [0.15, 0.2) is 0 Å². The Kier molecular flexibility index (Phi) is 1.51. The zero-order chi connectivity index (χ0) is 6.91. The summed E-state index contributed by atoms with van der Waals surface area (Å²) in [6, 6.07) is 0. The fraction of sp³-hybridized carbons (Fsp3) is 0.833. The zero-order valence-corrected chi connectivity index (χ0v) is 4.94.